The number of aromatic nitrogens is 4. The van der Waals surface area contributed by atoms with Gasteiger partial charge in [0.25, 0.3) is 5.91 Å². The summed E-state index contributed by atoms with van der Waals surface area (Å²) in [6.07, 6.45) is 8.55. The van der Waals surface area contributed by atoms with Crippen molar-refractivity contribution in [1.82, 2.24) is 24.8 Å². The Morgan fingerprint density at radius 1 is 1.19 bits per heavy atom. The normalized spacial score (nSPS) is 22.7. The molecule has 1 saturated heterocycles. The molecule has 1 unspecified atom stereocenters. The molecule has 2 bridgehead atoms. The summed E-state index contributed by atoms with van der Waals surface area (Å²) in [7, 11) is 0. The van der Waals surface area contributed by atoms with Crippen LogP contribution in [0.4, 0.5) is 10.9 Å². The van der Waals surface area contributed by atoms with E-state index in [0.29, 0.717) is 17.3 Å². The third kappa shape index (κ3) is 3.83. The first-order valence-corrected chi connectivity index (χ1v) is 13.6. The number of carbonyl (C=O) groups excluding carboxylic acids is 1. The number of thiazole rings is 2. The first kappa shape index (κ1) is 23.0. The Balaban J connectivity index is 1.18. The molecule has 3 atom stereocenters. The summed E-state index contributed by atoms with van der Waals surface area (Å²) in [5.74, 6) is 0.980. The zero-order valence-corrected chi connectivity index (χ0v) is 22.2. The van der Waals surface area contributed by atoms with Gasteiger partial charge in [0, 0.05) is 35.9 Å². The molecule has 0 radical (unpaired) electrons. The van der Waals surface area contributed by atoms with Crippen molar-refractivity contribution in [3.63, 3.8) is 0 Å². The van der Waals surface area contributed by atoms with Crippen molar-refractivity contribution in [2.75, 3.05) is 5.32 Å². The van der Waals surface area contributed by atoms with Crippen molar-refractivity contribution in [2.45, 2.75) is 45.7 Å². The molecule has 1 aliphatic heterocycles. The van der Waals surface area contributed by atoms with Crippen LogP contribution in [0.5, 0.6) is 0 Å². The number of hydrogen-bond donors (Lipinski definition) is 1. The number of hydrogen-bond acceptors (Lipinski definition) is 8. The highest BCUT2D eigenvalue weighted by molar-refractivity contribution is 7.16. The van der Waals surface area contributed by atoms with Crippen LogP contribution < -0.4 is 5.32 Å². The second kappa shape index (κ2) is 8.60. The number of amides is 1. The average Bonchev–Trinajstić information content (AvgIpc) is 3.61. The molecule has 0 aromatic carbocycles. The summed E-state index contributed by atoms with van der Waals surface area (Å²) in [5.41, 5.74) is 4.64. The van der Waals surface area contributed by atoms with E-state index in [1.807, 2.05) is 48.5 Å². The lowest BCUT2D eigenvalue weighted by molar-refractivity contribution is 0.0603. The molecule has 6 rings (SSSR count). The van der Waals surface area contributed by atoms with Gasteiger partial charge in [-0.15, -0.1) is 22.7 Å². The molecule has 5 heterocycles. The molecule has 36 heavy (non-hydrogen) atoms. The van der Waals surface area contributed by atoms with E-state index in [1.165, 1.54) is 16.9 Å². The van der Waals surface area contributed by atoms with Crippen LogP contribution in [-0.4, -0.2) is 42.3 Å². The van der Waals surface area contributed by atoms with E-state index in [9.17, 15) is 4.79 Å². The highest BCUT2D eigenvalue weighted by Crippen LogP contribution is 2.52. The first-order valence-electron chi connectivity index (χ1n) is 11.9. The van der Waals surface area contributed by atoms with Crippen LogP contribution in [0.3, 0.4) is 0 Å². The summed E-state index contributed by atoms with van der Waals surface area (Å²) in [5, 5.41) is 7.08. The molecule has 1 fully saturated rings. The summed E-state index contributed by atoms with van der Waals surface area (Å²) >= 11 is 3.17. The van der Waals surface area contributed by atoms with Crippen LogP contribution >= 0.6 is 22.7 Å². The van der Waals surface area contributed by atoms with E-state index in [1.54, 1.807) is 23.7 Å². The number of carbonyl (C=O) groups is 1. The Hall–Kier alpha value is -3.43. The van der Waals surface area contributed by atoms with E-state index >= 15 is 0 Å². The second-order valence-electron chi connectivity index (χ2n) is 9.67. The first-order chi connectivity index (χ1) is 17.3. The molecule has 1 N–H and O–H groups in total. The van der Waals surface area contributed by atoms with Crippen LogP contribution in [0, 0.1) is 19.8 Å². The monoisotopic (exact) mass is 514 g/mol. The van der Waals surface area contributed by atoms with E-state index < -0.39 is 0 Å². The fourth-order valence-corrected chi connectivity index (χ4v) is 7.26. The maximum atomic E-state index is 13.6. The van der Waals surface area contributed by atoms with Gasteiger partial charge >= 0.3 is 0 Å². The minimum absolute atomic E-state index is 0.0145. The van der Waals surface area contributed by atoms with E-state index in [-0.39, 0.29) is 17.5 Å². The van der Waals surface area contributed by atoms with Gasteiger partial charge in [-0.2, -0.15) is 0 Å². The molecule has 1 aliphatic carbocycles. The molecule has 182 valence electrons. The highest BCUT2D eigenvalue weighted by Gasteiger charge is 2.54. The van der Waals surface area contributed by atoms with Gasteiger partial charge in [0.05, 0.1) is 32.4 Å². The molecule has 9 heteroatoms. The molecule has 0 spiro atoms. The molecule has 2 aliphatic rings. The van der Waals surface area contributed by atoms with Crippen molar-refractivity contribution < 1.29 is 4.79 Å². The Morgan fingerprint density at radius 3 is 2.72 bits per heavy atom. The highest BCUT2D eigenvalue weighted by atomic mass is 32.1. The van der Waals surface area contributed by atoms with Gasteiger partial charge in [-0.3, -0.25) is 9.78 Å². The van der Waals surface area contributed by atoms with Crippen molar-refractivity contribution >= 4 is 45.1 Å². The summed E-state index contributed by atoms with van der Waals surface area (Å²) in [6, 6.07) is 7.86. The molecular weight excluding hydrogens is 488 g/mol. The third-order valence-electron chi connectivity index (χ3n) is 7.14. The Morgan fingerprint density at radius 2 is 2.06 bits per heavy atom. The smallest absolute Gasteiger partial charge is 0.256 e. The zero-order valence-electron chi connectivity index (χ0n) is 20.5. The van der Waals surface area contributed by atoms with E-state index in [4.69, 9.17) is 4.98 Å². The molecule has 4 aromatic rings. The third-order valence-corrected chi connectivity index (χ3v) is 8.99. The van der Waals surface area contributed by atoms with Crippen LogP contribution in [0.15, 0.2) is 54.3 Å². The van der Waals surface area contributed by atoms with Crippen LogP contribution in [0.1, 0.15) is 46.9 Å². The van der Waals surface area contributed by atoms with Crippen molar-refractivity contribution in [3.05, 3.63) is 76.1 Å². The number of pyridine rings is 2. The lowest BCUT2D eigenvalue weighted by Gasteiger charge is -2.38. The molecule has 4 aromatic heterocycles. The van der Waals surface area contributed by atoms with E-state index in [2.05, 4.69) is 46.3 Å². The second-order valence-corrected chi connectivity index (χ2v) is 11.7. The van der Waals surface area contributed by atoms with Gasteiger partial charge in [0.1, 0.15) is 5.82 Å². The van der Waals surface area contributed by atoms with Crippen LogP contribution in [0.2, 0.25) is 0 Å². The number of rotatable bonds is 5. The molecular formula is C27H26N6OS2. The van der Waals surface area contributed by atoms with Gasteiger partial charge in [-0.1, -0.05) is 12.1 Å². The number of anilines is 2. The van der Waals surface area contributed by atoms with Gasteiger partial charge < -0.3 is 10.2 Å². The summed E-state index contributed by atoms with van der Waals surface area (Å²) in [6.45, 7) is 8.31. The topological polar surface area (TPSA) is 83.9 Å². The zero-order chi connectivity index (χ0) is 25.0. The number of likely N-dealkylation sites (tertiary alicyclic amines) is 1. The van der Waals surface area contributed by atoms with Gasteiger partial charge in [0.2, 0.25) is 0 Å². The van der Waals surface area contributed by atoms with Crippen LogP contribution in [-0.2, 0) is 0 Å². The number of nitrogens with zero attached hydrogens (tertiary/aromatic N) is 5. The minimum Gasteiger partial charge on any atom is -0.326 e. The maximum Gasteiger partial charge on any atom is 0.256 e. The van der Waals surface area contributed by atoms with Crippen molar-refractivity contribution in [3.8, 4) is 10.6 Å². The van der Waals surface area contributed by atoms with Crippen molar-refractivity contribution in [1.29, 1.82) is 0 Å². The largest absolute Gasteiger partial charge is 0.326 e. The fourth-order valence-electron chi connectivity index (χ4n) is 5.59. The maximum absolute atomic E-state index is 13.6. The van der Waals surface area contributed by atoms with Gasteiger partial charge in [-0.25, -0.2) is 15.0 Å². The van der Waals surface area contributed by atoms with E-state index in [0.717, 1.165) is 38.4 Å². The number of fused-ring (bicyclic) bond motifs is 2. The molecule has 7 nitrogen and oxygen atoms in total. The number of nitrogens with one attached hydrogen (secondary N) is 1. The SMILES string of the molecule is Cc1nc(C)c(-c2csc(Nc3ccc(C(=O)N4[C@H](C)C5C[C@@]4(C)C=C5c4cccnc4)cn3)n2)s1. The molecule has 0 saturated carbocycles. The lowest BCUT2D eigenvalue weighted by atomic mass is 9.90. The standard InChI is InChI=1S/C27H26N6OS2/c1-15-24(36-17(3)30-15)22-14-35-26(31-22)32-23-8-7-19(13-29-23)25(34)33-16(2)20-10-27(33,4)11-21(20)18-6-5-9-28-12-18/h5-9,11-14,16,20H,10H2,1-4H3,(H,29,31,32)/t16-,20?,27+/m1/s1. The number of aryl methyl sites for hydroxylation is 2. The molecule has 1 amide bonds. The summed E-state index contributed by atoms with van der Waals surface area (Å²) in [4.78, 5) is 34.7. The van der Waals surface area contributed by atoms with Gasteiger partial charge in [-0.05, 0) is 63.5 Å². The Kier molecular flexibility index (Phi) is 5.49. The quantitative estimate of drug-likeness (QED) is 0.345. The predicted octanol–water partition coefficient (Wildman–Crippen LogP) is 6.12. The summed E-state index contributed by atoms with van der Waals surface area (Å²) < 4.78 is 0. The lowest BCUT2D eigenvalue weighted by Crippen LogP contribution is -2.49. The predicted molar refractivity (Wildman–Crippen MR) is 145 cm³/mol. The van der Waals surface area contributed by atoms with Crippen molar-refractivity contribution in [2.24, 2.45) is 5.92 Å². The fraction of sp³-hybridized carbons (Fsp3) is 0.296. The van der Waals surface area contributed by atoms with Crippen LogP contribution in [0.25, 0.3) is 16.1 Å². The Labute approximate surface area is 218 Å². The Bertz CT molecular complexity index is 1480. The minimum atomic E-state index is -0.312. The van der Waals surface area contributed by atoms with Gasteiger partial charge in [0.15, 0.2) is 5.13 Å². The average molecular weight is 515 g/mol.